The van der Waals surface area contributed by atoms with Crippen molar-refractivity contribution in [3.05, 3.63) is 0 Å². The van der Waals surface area contributed by atoms with Gasteiger partial charge in [-0.15, -0.1) is 11.6 Å². The second-order valence-electron chi connectivity index (χ2n) is 5.10. The van der Waals surface area contributed by atoms with Crippen molar-refractivity contribution in [1.82, 2.24) is 5.32 Å². The highest BCUT2D eigenvalue weighted by Gasteiger charge is 2.30. The zero-order valence-corrected chi connectivity index (χ0v) is 11.9. The van der Waals surface area contributed by atoms with Crippen molar-refractivity contribution in [1.29, 1.82) is 0 Å². The van der Waals surface area contributed by atoms with Crippen LogP contribution in [0.15, 0.2) is 0 Å². The molecule has 1 amide bonds. The summed E-state index contributed by atoms with van der Waals surface area (Å²) in [5.74, 6) is -0.916. The fourth-order valence-corrected chi connectivity index (χ4v) is 1.32. The second kappa shape index (κ2) is 6.84. The third-order valence-electron chi connectivity index (χ3n) is 2.31. The normalized spacial score (nSPS) is 14.9. The maximum absolute atomic E-state index is 11.9. The van der Waals surface area contributed by atoms with Gasteiger partial charge in [0.15, 0.2) is 0 Å². The third kappa shape index (κ3) is 6.51. The van der Waals surface area contributed by atoms with E-state index in [0.29, 0.717) is 0 Å². The first-order chi connectivity index (χ1) is 7.71. The molecule has 0 heterocycles. The first kappa shape index (κ1) is 16.2. The lowest BCUT2D eigenvalue weighted by molar-refractivity contribution is -0.160. The van der Waals surface area contributed by atoms with Gasteiger partial charge in [0.2, 0.25) is 5.91 Å². The molecule has 0 bridgehead atoms. The van der Waals surface area contributed by atoms with Crippen LogP contribution in [0.4, 0.5) is 0 Å². The quantitative estimate of drug-likeness (QED) is 0.610. The Balaban J connectivity index is 4.68. The van der Waals surface area contributed by atoms with E-state index in [9.17, 15) is 9.59 Å². The minimum Gasteiger partial charge on any atom is -0.458 e. The van der Waals surface area contributed by atoms with Gasteiger partial charge in [-0.05, 0) is 26.7 Å². The van der Waals surface area contributed by atoms with Crippen molar-refractivity contribution in [2.24, 2.45) is 5.92 Å². The predicted molar refractivity (Wildman–Crippen MR) is 68.0 cm³/mol. The average molecular weight is 264 g/mol. The second-order valence-corrected chi connectivity index (χ2v) is 5.37. The third-order valence-corrected chi connectivity index (χ3v) is 2.55. The fraction of sp³-hybridized carbons (Fsp3) is 0.833. The standard InChI is InChI=1S/C12H22ClNO3/c1-6-8(2)10(14-9(15)7-13)11(16)17-12(3,4)5/h8,10H,6-7H2,1-5H3,(H,14,15)/t8?,10-/m0/s1. The van der Waals surface area contributed by atoms with E-state index in [-0.39, 0.29) is 17.7 Å². The molecule has 0 radical (unpaired) electrons. The summed E-state index contributed by atoms with van der Waals surface area (Å²) in [5.41, 5.74) is -0.561. The van der Waals surface area contributed by atoms with E-state index < -0.39 is 17.6 Å². The molecule has 1 unspecified atom stereocenters. The molecule has 0 aliphatic rings. The van der Waals surface area contributed by atoms with Crippen molar-refractivity contribution < 1.29 is 14.3 Å². The minimum absolute atomic E-state index is 0.0111. The number of rotatable bonds is 5. The molecule has 0 aliphatic carbocycles. The Hall–Kier alpha value is -0.770. The largest absolute Gasteiger partial charge is 0.458 e. The molecule has 100 valence electrons. The zero-order valence-electron chi connectivity index (χ0n) is 11.2. The van der Waals surface area contributed by atoms with Gasteiger partial charge in [0, 0.05) is 0 Å². The van der Waals surface area contributed by atoms with Gasteiger partial charge >= 0.3 is 5.97 Å². The van der Waals surface area contributed by atoms with Gasteiger partial charge in [0.1, 0.15) is 17.5 Å². The number of hydrogen-bond donors (Lipinski definition) is 1. The van der Waals surface area contributed by atoms with Crippen LogP contribution < -0.4 is 5.32 Å². The number of carbonyl (C=O) groups excluding carboxylic acids is 2. The molecule has 0 aromatic heterocycles. The highest BCUT2D eigenvalue weighted by molar-refractivity contribution is 6.27. The van der Waals surface area contributed by atoms with Crippen molar-refractivity contribution in [3.63, 3.8) is 0 Å². The van der Waals surface area contributed by atoms with Crippen LogP contribution in [0.3, 0.4) is 0 Å². The SMILES string of the molecule is CCC(C)[C@H](NC(=O)CCl)C(=O)OC(C)(C)C. The summed E-state index contributed by atoms with van der Waals surface area (Å²) in [5, 5.41) is 2.59. The van der Waals surface area contributed by atoms with Gasteiger partial charge in [0.05, 0.1) is 0 Å². The molecule has 0 saturated carbocycles. The van der Waals surface area contributed by atoms with E-state index in [1.165, 1.54) is 0 Å². The van der Waals surface area contributed by atoms with Crippen molar-refractivity contribution >= 4 is 23.5 Å². The zero-order chi connectivity index (χ0) is 13.6. The van der Waals surface area contributed by atoms with Crippen LogP contribution in [0.5, 0.6) is 0 Å². The number of ether oxygens (including phenoxy) is 1. The van der Waals surface area contributed by atoms with Crippen LogP contribution in [0.1, 0.15) is 41.0 Å². The van der Waals surface area contributed by atoms with Crippen LogP contribution in [0, 0.1) is 5.92 Å². The lowest BCUT2D eigenvalue weighted by atomic mass is 9.99. The minimum atomic E-state index is -0.634. The lowest BCUT2D eigenvalue weighted by Gasteiger charge is -2.27. The van der Waals surface area contributed by atoms with Gasteiger partial charge in [-0.2, -0.15) is 0 Å². The first-order valence-corrected chi connectivity index (χ1v) is 6.33. The molecular formula is C12H22ClNO3. The monoisotopic (exact) mass is 263 g/mol. The Labute approximate surface area is 108 Å². The highest BCUT2D eigenvalue weighted by Crippen LogP contribution is 2.14. The first-order valence-electron chi connectivity index (χ1n) is 5.79. The molecule has 0 fully saturated rings. The number of nitrogens with one attached hydrogen (secondary N) is 1. The summed E-state index contributed by atoms with van der Waals surface area (Å²) >= 11 is 5.42. The summed E-state index contributed by atoms with van der Waals surface area (Å²) < 4.78 is 5.27. The number of amides is 1. The summed E-state index contributed by atoms with van der Waals surface area (Å²) in [6, 6.07) is -0.634. The van der Waals surface area contributed by atoms with E-state index in [2.05, 4.69) is 5.32 Å². The molecule has 0 saturated heterocycles. The summed E-state index contributed by atoms with van der Waals surface area (Å²) in [6.45, 7) is 9.23. The maximum atomic E-state index is 11.9. The smallest absolute Gasteiger partial charge is 0.329 e. The Bertz CT molecular complexity index is 273. The van der Waals surface area contributed by atoms with E-state index in [1.807, 2.05) is 13.8 Å². The van der Waals surface area contributed by atoms with Crippen LogP contribution >= 0.6 is 11.6 Å². The summed E-state index contributed by atoms with van der Waals surface area (Å²) in [7, 11) is 0. The molecule has 0 aromatic rings. The number of halogens is 1. The molecule has 2 atom stereocenters. The Morgan fingerprint density at radius 1 is 1.35 bits per heavy atom. The molecule has 4 nitrogen and oxygen atoms in total. The van der Waals surface area contributed by atoms with Gasteiger partial charge in [-0.25, -0.2) is 4.79 Å². The van der Waals surface area contributed by atoms with Crippen molar-refractivity contribution in [3.8, 4) is 0 Å². The van der Waals surface area contributed by atoms with Crippen molar-refractivity contribution in [2.75, 3.05) is 5.88 Å². The van der Waals surface area contributed by atoms with E-state index in [4.69, 9.17) is 16.3 Å². The fourth-order valence-electron chi connectivity index (χ4n) is 1.25. The van der Waals surface area contributed by atoms with Gasteiger partial charge in [0.25, 0.3) is 0 Å². The van der Waals surface area contributed by atoms with E-state index in [0.717, 1.165) is 6.42 Å². The Kier molecular flexibility index (Phi) is 6.53. The molecule has 0 rings (SSSR count). The molecule has 0 aliphatic heterocycles. The van der Waals surface area contributed by atoms with Crippen molar-refractivity contribution in [2.45, 2.75) is 52.7 Å². The lowest BCUT2D eigenvalue weighted by Crippen LogP contribution is -2.48. The predicted octanol–water partition coefficient (Wildman–Crippen LogP) is 2.10. The molecule has 0 spiro atoms. The molecule has 1 N–H and O–H groups in total. The number of hydrogen-bond acceptors (Lipinski definition) is 3. The highest BCUT2D eigenvalue weighted by atomic mass is 35.5. The van der Waals surface area contributed by atoms with Gasteiger partial charge in [-0.3, -0.25) is 4.79 Å². The average Bonchev–Trinajstić information content (AvgIpc) is 2.21. The van der Waals surface area contributed by atoms with Gasteiger partial charge < -0.3 is 10.1 Å². The molecule has 17 heavy (non-hydrogen) atoms. The summed E-state index contributed by atoms with van der Waals surface area (Å²) in [6.07, 6.45) is 0.770. The van der Waals surface area contributed by atoms with Crippen LogP contribution in [0.2, 0.25) is 0 Å². The van der Waals surface area contributed by atoms with E-state index in [1.54, 1.807) is 20.8 Å². The van der Waals surface area contributed by atoms with Crippen LogP contribution in [-0.2, 0) is 14.3 Å². The summed E-state index contributed by atoms with van der Waals surface area (Å²) in [4.78, 5) is 23.2. The number of alkyl halides is 1. The van der Waals surface area contributed by atoms with Crippen LogP contribution in [-0.4, -0.2) is 29.4 Å². The Morgan fingerprint density at radius 2 is 1.88 bits per heavy atom. The van der Waals surface area contributed by atoms with Crippen LogP contribution in [0.25, 0.3) is 0 Å². The molecule has 0 aromatic carbocycles. The molecule has 5 heteroatoms. The number of carbonyl (C=O) groups is 2. The van der Waals surface area contributed by atoms with E-state index >= 15 is 0 Å². The van der Waals surface area contributed by atoms with Gasteiger partial charge in [-0.1, -0.05) is 20.3 Å². The maximum Gasteiger partial charge on any atom is 0.329 e. The Morgan fingerprint density at radius 3 is 2.24 bits per heavy atom. The number of esters is 1. The molecular weight excluding hydrogens is 242 g/mol. The topological polar surface area (TPSA) is 55.4 Å².